The molecule has 0 atom stereocenters. The normalized spacial score (nSPS) is 10.4. The van der Waals surface area contributed by atoms with Gasteiger partial charge >= 0.3 is 5.97 Å². The lowest BCUT2D eigenvalue weighted by atomic mass is 10.1. The summed E-state index contributed by atoms with van der Waals surface area (Å²) in [5, 5.41) is 3.36. The highest BCUT2D eigenvalue weighted by Gasteiger charge is 2.21. The summed E-state index contributed by atoms with van der Waals surface area (Å²) >= 11 is 4.77. The Morgan fingerprint density at radius 3 is 2.68 bits per heavy atom. The van der Waals surface area contributed by atoms with Crippen molar-refractivity contribution in [2.75, 3.05) is 12.4 Å². The molecule has 116 valence electrons. The molecule has 1 aromatic carbocycles. The zero-order chi connectivity index (χ0) is 16.3. The van der Waals surface area contributed by atoms with Gasteiger partial charge in [0.25, 0.3) is 0 Å². The van der Waals surface area contributed by atoms with E-state index in [-0.39, 0.29) is 12.3 Å². The van der Waals surface area contributed by atoms with Crippen molar-refractivity contribution in [2.24, 2.45) is 0 Å². The van der Waals surface area contributed by atoms with Crippen molar-refractivity contribution in [1.29, 1.82) is 0 Å². The van der Waals surface area contributed by atoms with E-state index >= 15 is 0 Å². The first kappa shape index (κ1) is 16.7. The van der Waals surface area contributed by atoms with Crippen LogP contribution in [0.25, 0.3) is 0 Å². The number of hydrogen-bond acceptors (Lipinski definition) is 4. The zero-order valence-electron chi connectivity index (χ0n) is 12.5. The Bertz CT molecular complexity index is 724. The van der Waals surface area contributed by atoms with E-state index in [1.165, 1.54) is 18.4 Å². The number of hydrogen-bond donors (Lipinski definition) is 1. The standard InChI is InChI=1S/C16H16BrNO3S/c1-9-10(2)22-15(14(9)16(20)21-3)18-13(19)8-11-5-4-6-12(17)7-11/h4-7H,8H2,1-3H3,(H,18,19). The summed E-state index contributed by atoms with van der Waals surface area (Å²) in [6, 6.07) is 7.57. The summed E-state index contributed by atoms with van der Waals surface area (Å²) < 4.78 is 5.72. The fraction of sp³-hybridized carbons (Fsp3) is 0.250. The molecule has 0 fully saturated rings. The maximum Gasteiger partial charge on any atom is 0.341 e. The predicted octanol–water partition coefficient (Wildman–Crippen LogP) is 4.10. The molecular formula is C16H16BrNO3S. The first-order chi connectivity index (χ1) is 10.4. The van der Waals surface area contributed by atoms with Crippen LogP contribution in [0.2, 0.25) is 0 Å². The Kier molecular flexibility index (Phi) is 5.37. The van der Waals surface area contributed by atoms with Crippen LogP contribution in [0.15, 0.2) is 28.7 Å². The van der Waals surface area contributed by atoms with Gasteiger partial charge in [-0.2, -0.15) is 0 Å². The number of rotatable bonds is 4. The van der Waals surface area contributed by atoms with Gasteiger partial charge in [-0.25, -0.2) is 4.79 Å². The number of anilines is 1. The highest BCUT2D eigenvalue weighted by Crippen LogP contribution is 2.33. The van der Waals surface area contributed by atoms with Gasteiger partial charge in [0.1, 0.15) is 5.00 Å². The van der Waals surface area contributed by atoms with E-state index in [0.29, 0.717) is 10.6 Å². The number of aryl methyl sites for hydroxylation is 1. The second kappa shape index (κ2) is 7.07. The summed E-state index contributed by atoms with van der Waals surface area (Å²) in [5.74, 6) is -0.593. The van der Waals surface area contributed by atoms with Crippen LogP contribution in [-0.2, 0) is 16.0 Å². The molecule has 0 unspecified atom stereocenters. The van der Waals surface area contributed by atoms with E-state index in [2.05, 4.69) is 21.2 Å². The molecular weight excluding hydrogens is 366 g/mol. The van der Waals surface area contributed by atoms with E-state index in [9.17, 15) is 9.59 Å². The third kappa shape index (κ3) is 3.75. The Labute approximate surface area is 141 Å². The maximum atomic E-state index is 12.2. The van der Waals surface area contributed by atoms with Crippen LogP contribution < -0.4 is 5.32 Å². The lowest BCUT2D eigenvalue weighted by Gasteiger charge is -2.06. The molecule has 1 amide bonds. The van der Waals surface area contributed by atoms with Gasteiger partial charge in [0.05, 0.1) is 19.1 Å². The average Bonchev–Trinajstić information content (AvgIpc) is 2.72. The summed E-state index contributed by atoms with van der Waals surface area (Å²) in [7, 11) is 1.34. The van der Waals surface area contributed by atoms with Gasteiger partial charge in [-0.3, -0.25) is 4.79 Å². The van der Waals surface area contributed by atoms with Crippen LogP contribution in [0.1, 0.15) is 26.4 Å². The summed E-state index contributed by atoms with van der Waals surface area (Å²) in [4.78, 5) is 25.1. The van der Waals surface area contributed by atoms with Gasteiger partial charge < -0.3 is 10.1 Å². The van der Waals surface area contributed by atoms with Crippen LogP contribution in [0.3, 0.4) is 0 Å². The fourth-order valence-electron chi connectivity index (χ4n) is 2.07. The monoisotopic (exact) mass is 381 g/mol. The van der Waals surface area contributed by atoms with Gasteiger partial charge in [-0.15, -0.1) is 11.3 Å². The molecule has 0 aliphatic heterocycles. The fourth-order valence-corrected chi connectivity index (χ4v) is 3.58. The lowest BCUT2D eigenvalue weighted by molar-refractivity contribution is -0.115. The van der Waals surface area contributed by atoms with Gasteiger partial charge in [-0.05, 0) is 37.1 Å². The second-order valence-corrected chi connectivity index (χ2v) is 6.97. The van der Waals surface area contributed by atoms with Gasteiger partial charge in [0, 0.05) is 9.35 Å². The number of benzene rings is 1. The SMILES string of the molecule is COC(=O)c1c(NC(=O)Cc2cccc(Br)c2)sc(C)c1C. The van der Waals surface area contributed by atoms with E-state index < -0.39 is 5.97 Å². The van der Waals surface area contributed by atoms with E-state index in [1.807, 2.05) is 38.1 Å². The minimum atomic E-state index is -0.431. The molecule has 2 rings (SSSR count). The van der Waals surface area contributed by atoms with Gasteiger partial charge in [-0.1, -0.05) is 28.1 Å². The number of halogens is 1. The number of esters is 1. The van der Waals surface area contributed by atoms with Crippen molar-refractivity contribution in [1.82, 2.24) is 0 Å². The highest BCUT2D eigenvalue weighted by molar-refractivity contribution is 9.10. The molecule has 1 heterocycles. The molecule has 0 aliphatic rings. The van der Waals surface area contributed by atoms with E-state index in [0.717, 1.165) is 20.5 Å². The highest BCUT2D eigenvalue weighted by atomic mass is 79.9. The molecule has 0 saturated heterocycles. The largest absolute Gasteiger partial charge is 0.465 e. The van der Waals surface area contributed by atoms with Crippen LogP contribution in [0.4, 0.5) is 5.00 Å². The van der Waals surface area contributed by atoms with Crippen molar-refractivity contribution >= 4 is 44.1 Å². The number of amides is 1. The van der Waals surface area contributed by atoms with Gasteiger partial charge in [0.15, 0.2) is 0 Å². The molecule has 1 N–H and O–H groups in total. The van der Waals surface area contributed by atoms with Crippen molar-refractivity contribution in [3.8, 4) is 0 Å². The molecule has 0 saturated carbocycles. The predicted molar refractivity (Wildman–Crippen MR) is 91.6 cm³/mol. The molecule has 6 heteroatoms. The molecule has 0 spiro atoms. The van der Waals surface area contributed by atoms with Crippen LogP contribution >= 0.6 is 27.3 Å². The quantitative estimate of drug-likeness (QED) is 0.811. The number of carbonyl (C=O) groups is 2. The summed E-state index contributed by atoms with van der Waals surface area (Å²) in [6.45, 7) is 3.76. The summed E-state index contributed by atoms with van der Waals surface area (Å²) in [6.07, 6.45) is 0.246. The summed E-state index contributed by atoms with van der Waals surface area (Å²) in [5.41, 5.74) is 2.18. The van der Waals surface area contributed by atoms with Crippen molar-refractivity contribution in [3.05, 3.63) is 50.3 Å². The second-order valence-electron chi connectivity index (χ2n) is 4.83. The zero-order valence-corrected chi connectivity index (χ0v) is 14.9. The Hall–Kier alpha value is -1.66. The van der Waals surface area contributed by atoms with Crippen LogP contribution in [0, 0.1) is 13.8 Å². The van der Waals surface area contributed by atoms with Crippen molar-refractivity contribution in [3.63, 3.8) is 0 Å². The minimum absolute atomic E-state index is 0.162. The minimum Gasteiger partial charge on any atom is -0.465 e. The first-order valence-corrected chi connectivity index (χ1v) is 8.26. The number of ether oxygens (including phenoxy) is 1. The van der Waals surface area contributed by atoms with E-state index in [4.69, 9.17) is 4.74 Å². The Morgan fingerprint density at radius 2 is 2.05 bits per heavy atom. The number of thiophene rings is 1. The molecule has 22 heavy (non-hydrogen) atoms. The van der Waals surface area contributed by atoms with Crippen molar-refractivity contribution in [2.45, 2.75) is 20.3 Å². The van der Waals surface area contributed by atoms with Gasteiger partial charge in [0.2, 0.25) is 5.91 Å². The lowest BCUT2D eigenvalue weighted by Crippen LogP contribution is -2.16. The van der Waals surface area contributed by atoms with E-state index in [1.54, 1.807) is 0 Å². The molecule has 0 radical (unpaired) electrons. The van der Waals surface area contributed by atoms with Crippen molar-refractivity contribution < 1.29 is 14.3 Å². The molecule has 2 aromatic rings. The number of nitrogens with one attached hydrogen (secondary N) is 1. The first-order valence-electron chi connectivity index (χ1n) is 6.65. The Morgan fingerprint density at radius 1 is 1.32 bits per heavy atom. The molecule has 4 nitrogen and oxygen atoms in total. The van der Waals surface area contributed by atoms with Crippen LogP contribution in [0.5, 0.6) is 0 Å². The smallest absolute Gasteiger partial charge is 0.341 e. The molecule has 1 aromatic heterocycles. The Balaban J connectivity index is 2.18. The third-order valence-corrected chi connectivity index (χ3v) is 4.90. The average molecular weight is 382 g/mol. The number of carbonyl (C=O) groups excluding carboxylic acids is 2. The topological polar surface area (TPSA) is 55.4 Å². The number of methoxy groups -OCH3 is 1. The third-order valence-electron chi connectivity index (χ3n) is 3.28. The molecule has 0 aliphatic carbocycles. The maximum absolute atomic E-state index is 12.2. The van der Waals surface area contributed by atoms with Crippen LogP contribution in [-0.4, -0.2) is 19.0 Å². The molecule has 0 bridgehead atoms.